The van der Waals surface area contributed by atoms with E-state index < -0.39 is 0 Å². The van der Waals surface area contributed by atoms with Gasteiger partial charge < -0.3 is 4.98 Å². The fraction of sp³-hybridized carbons (Fsp3) is 0.269. The average molecular weight is 371 g/mol. The minimum atomic E-state index is 0. The lowest BCUT2D eigenvalue weighted by atomic mass is 9.97. The minimum Gasteiger partial charge on any atom is -0.342 e. The van der Waals surface area contributed by atoms with E-state index >= 15 is 0 Å². The van der Waals surface area contributed by atoms with Crippen molar-refractivity contribution >= 4 is 11.0 Å². The smallest absolute Gasteiger partial charge is 0.109 e. The Bertz CT molecular complexity index is 1050. The fourth-order valence-corrected chi connectivity index (χ4v) is 3.40. The first kappa shape index (κ1) is 19.9. The third kappa shape index (κ3) is 3.87. The second kappa shape index (κ2) is 8.02. The molecule has 4 rings (SSSR count). The lowest BCUT2D eigenvalue weighted by Crippen LogP contribution is -1.88. The Hall–Kier alpha value is -2.87. The van der Waals surface area contributed by atoms with Crippen LogP contribution in [-0.4, -0.2) is 9.97 Å². The van der Waals surface area contributed by atoms with E-state index in [-0.39, 0.29) is 7.43 Å². The third-order valence-electron chi connectivity index (χ3n) is 5.18. The van der Waals surface area contributed by atoms with Crippen LogP contribution in [0.1, 0.15) is 58.3 Å². The van der Waals surface area contributed by atoms with Crippen molar-refractivity contribution in [3.8, 4) is 22.3 Å². The van der Waals surface area contributed by atoms with Crippen LogP contribution in [0.2, 0.25) is 0 Å². The van der Waals surface area contributed by atoms with Gasteiger partial charge >= 0.3 is 0 Å². The Morgan fingerprint density at radius 1 is 0.643 bits per heavy atom. The molecule has 0 saturated heterocycles. The summed E-state index contributed by atoms with van der Waals surface area (Å²) in [6.07, 6.45) is 0. The molecule has 4 aromatic rings. The molecular weight excluding hydrogens is 340 g/mol. The Morgan fingerprint density at radius 2 is 1.14 bits per heavy atom. The molecule has 2 heteroatoms. The first-order chi connectivity index (χ1) is 13.0. The topological polar surface area (TPSA) is 28.7 Å². The van der Waals surface area contributed by atoms with Gasteiger partial charge in [0.25, 0.3) is 0 Å². The normalized spacial score (nSPS) is 11.2. The zero-order valence-corrected chi connectivity index (χ0v) is 16.5. The molecule has 144 valence electrons. The first-order valence-electron chi connectivity index (χ1n) is 9.71. The number of imidazole rings is 1. The zero-order valence-electron chi connectivity index (χ0n) is 16.5. The highest BCUT2D eigenvalue weighted by atomic mass is 14.9. The summed E-state index contributed by atoms with van der Waals surface area (Å²) in [5.74, 6) is 2.01. The van der Waals surface area contributed by atoms with Crippen LogP contribution >= 0.6 is 0 Å². The number of hydrogen-bond acceptors (Lipinski definition) is 1. The van der Waals surface area contributed by atoms with Crippen LogP contribution in [0.25, 0.3) is 33.3 Å². The molecule has 0 spiro atoms. The molecule has 0 aliphatic heterocycles. The summed E-state index contributed by atoms with van der Waals surface area (Å²) in [5.41, 5.74) is 8.46. The SMILES string of the molecule is C.CC(C)c1ccc(-c2ccc(-c3ccc4nc(C(C)C)[nH]c4c3)cc2)cc1. The third-order valence-corrected chi connectivity index (χ3v) is 5.18. The predicted molar refractivity (Wildman–Crippen MR) is 122 cm³/mol. The van der Waals surface area contributed by atoms with Gasteiger partial charge in [-0.2, -0.15) is 0 Å². The van der Waals surface area contributed by atoms with Gasteiger partial charge in [0, 0.05) is 5.92 Å². The van der Waals surface area contributed by atoms with Crippen molar-refractivity contribution in [1.29, 1.82) is 0 Å². The van der Waals surface area contributed by atoms with E-state index in [1.807, 2.05) is 0 Å². The molecule has 1 heterocycles. The van der Waals surface area contributed by atoms with Crippen molar-refractivity contribution in [2.45, 2.75) is 47.0 Å². The van der Waals surface area contributed by atoms with Crippen molar-refractivity contribution in [3.63, 3.8) is 0 Å². The van der Waals surface area contributed by atoms with Crippen molar-refractivity contribution < 1.29 is 0 Å². The van der Waals surface area contributed by atoms with Gasteiger partial charge in [-0.1, -0.05) is 89.7 Å². The number of nitrogens with one attached hydrogen (secondary N) is 1. The molecule has 1 N–H and O–H groups in total. The number of H-pyrrole nitrogens is 1. The fourth-order valence-electron chi connectivity index (χ4n) is 3.40. The maximum absolute atomic E-state index is 4.66. The molecule has 0 atom stereocenters. The predicted octanol–water partition coefficient (Wildman–Crippen LogP) is 7.78. The van der Waals surface area contributed by atoms with Gasteiger partial charge in [-0.15, -0.1) is 0 Å². The average Bonchev–Trinajstić information content (AvgIpc) is 3.12. The quantitative estimate of drug-likeness (QED) is 0.390. The van der Waals surface area contributed by atoms with E-state index in [4.69, 9.17) is 0 Å². The number of benzene rings is 3. The summed E-state index contributed by atoms with van der Waals surface area (Å²) in [5, 5.41) is 0. The van der Waals surface area contributed by atoms with Gasteiger partial charge in [-0.25, -0.2) is 4.98 Å². The van der Waals surface area contributed by atoms with Gasteiger partial charge in [0.05, 0.1) is 11.0 Å². The summed E-state index contributed by atoms with van der Waals surface area (Å²) in [7, 11) is 0. The monoisotopic (exact) mass is 370 g/mol. The van der Waals surface area contributed by atoms with Crippen molar-refractivity contribution in [1.82, 2.24) is 9.97 Å². The first-order valence-corrected chi connectivity index (χ1v) is 9.71. The Labute approximate surface area is 168 Å². The van der Waals surface area contributed by atoms with Crippen LogP contribution in [0, 0.1) is 0 Å². The van der Waals surface area contributed by atoms with Crippen LogP contribution in [0.3, 0.4) is 0 Å². The number of aromatic amines is 1. The van der Waals surface area contributed by atoms with E-state index in [2.05, 4.69) is 104 Å². The molecule has 2 nitrogen and oxygen atoms in total. The number of aromatic nitrogens is 2. The molecule has 0 saturated carbocycles. The Balaban J connectivity index is 0.00000225. The summed E-state index contributed by atoms with van der Waals surface area (Å²) < 4.78 is 0. The van der Waals surface area contributed by atoms with Crippen molar-refractivity contribution in [2.24, 2.45) is 0 Å². The molecule has 0 unspecified atom stereocenters. The standard InChI is InChI=1S/C25H26N2.CH4/c1-16(2)18-5-7-19(8-6-18)20-9-11-21(12-10-20)22-13-14-23-24(15-22)27-25(26-23)17(3)4;/h5-17H,1-4H3,(H,26,27);1H4. The number of hydrogen-bond donors (Lipinski definition) is 1. The lowest BCUT2D eigenvalue weighted by molar-refractivity contribution is 0.799. The van der Waals surface area contributed by atoms with E-state index in [0.717, 1.165) is 16.9 Å². The van der Waals surface area contributed by atoms with Gasteiger partial charge in [0.15, 0.2) is 0 Å². The van der Waals surface area contributed by atoms with E-state index in [0.29, 0.717) is 11.8 Å². The molecule has 0 amide bonds. The van der Waals surface area contributed by atoms with E-state index in [1.54, 1.807) is 0 Å². The van der Waals surface area contributed by atoms with Crippen LogP contribution in [0.4, 0.5) is 0 Å². The summed E-state index contributed by atoms with van der Waals surface area (Å²) >= 11 is 0. The highest BCUT2D eigenvalue weighted by Gasteiger charge is 2.08. The van der Waals surface area contributed by atoms with Crippen LogP contribution in [-0.2, 0) is 0 Å². The van der Waals surface area contributed by atoms with Crippen molar-refractivity contribution in [2.75, 3.05) is 0 Å². The van der Waals surface area contributed by atoms with Crippen molar-refractivity contribution in [3.05, 3.63) is 78.1 Å². The minimum absolute atomic E-state index is 0. The molecule has 0 radical (unpaired) electrons. The van der Waals surface area contributed by atoms with Gasteiger partial charge in [-0.05, 0) is 45.9 Å². The molecule has 0 bridgehead atoms. The summed E-state index contributed by atoms with van der Waals surface area (Å²) in [4.78, 5) is 8.11. The molecule has 1 aromatic heterocycles. The van der Waals surface area contributed by atoms with Crippen LogP contribution in [0.15, 0.2) is 66.7 Å². The molecule has 0 aliphatic carbocycles. The maximum Gasteiger partial charge on any atom is 0.109 e. The second-order valence-corrected chi connectivity index (χ2v) is 7.86. The Kier molecular flexibility index (Phi) is 5.69. The lowest BCUT2D eigenvalue weighted by Gasteiger charge is -2.08. The largest absolute Gasteiger partial charge is 0.342 e. The highest BCUT2D eigenvalue weighted by Crippen LogP contribution is 2.28. The summed E-state index contributed by atoms with van der Waals surface area (Å²) in [6.45, 7) is 8.77. The highest BCUT2D eigenvalue weighted by molar-refractivity contribution is 5.82. The maximum atomic E-state index is 4.66. The molecule has 0 aliphatic rings. The number of fused-ring (bicyclic) bond motifs is 1. The molecular formula is C26H30N2. The Morgan fingerprint density at radius 3 is 1.68 bits per heavy atom. The second-order valence-electron chi connectivity index (χ2n) is 7.86. The van der Waals surface area contributed by atoms with Gasteiger partial charge in [0.1, 0.15) is 5.82 Å². The van der Waals surface area contributed by atoms with Crippen LogP contribution < -0.4 is 0 Å². The van der Waals surface area contributed by atoms with Crippen LogP contribution in [0.5, 0.6) is 0 Å². The zero-order chi connectivity index (χ0) is 19.0. The van der Waals surface area contributed by atoms with E-state index in [9.17, 15) is 0 Å². The summed E-state index contributed by atoms with van der Waals surface area (Å²) in [6, 6.07) is 24.2. The molecule has 3 aromatic carbocycles. The molecule has 0 fully saturated rings. The van der Waals surface area contributed by atoms with Gasteiger partial charge in [-0.3, -0.25) is 0 Å². The van der Waals surface area contributed by atoms with E-state index in [1.165, 1.54) is 27.8 Å². The molecule has 28 heavy (non-hydrogen) atoms. The van der Waals surface area contributed by atoms with Gasteiger partial charge in [0.2, 0.25) is 0 Å². The number of nitrogens with zero attached hydrogens (tertiary/aromatic N) is 1. The number of rotatable bonds is 4.